The molecule has 2 aromatic carbocycles. The van der Waals surface area contributed by atoms with Crippen LogP contribution in [0.2, 0.25) is 0 Å². The summed E-state index contributed by atoms with van der Waals surface area (Å²) >= 11 is 0. The summed E-state index contributed by atoms with van der Waals surface area (Å²) in [5, 5.41) is 11.3. The largest absolute Gasteiger partial charge is 0.407 e. The lowest BCUT2D eigenvalue weighted by atomic mass is 9.92. The maximum Gasteiger partial charge on any atom is 0.407 e. The summed E-state index contributed by atoms with van der Waals surface area (Å²) < 4.78 is 92.8. The van der Waals surface area contributed by atoms with Crippen LogP contribution in [-0.2, 0) is 14.6 Å². The van der Waals surface area contributed by atoms with Crippen LogP contribution in [0.5, 0.6) is 0 Å². The summed E-state index contributed by atoms with van der Waals surface area (Å²) in [7, 11) is -3.41. The maximum absolute atomic E-state index is 14.0. The van der Waals surface area contributed by atoms with Crippen molar-refractivity contribution in [2.24, 2.45) is 5.41 Å². The number of halogens is 5. The Bertz CT molecular complexity index is 1240. The van der Waals surface area contributed by atoms with Crippen molar-refractivity contribution >= 4 is 15.6 Å². The molecule has 1 fully saturated rings. The van der Waals surface area contributed by atoms with Crippen LogP contribution < -0.4 is 5.32 Å². The van der Waals surface area contributed by atoms with E-state index in [9.17, 15) is 40.4 Å². The summed E-state index contributed by atoms with van der Waals surface area (Å²) in [4.78, 5) is 12.8. The molecule has 0 aromatic heterocycles. The van der Waals surface area contributed by atoms with Gasteiger partial charge in [-0.2, -0.15) is 18.4 Å². The standard InChI is InChI=1S/C25H25F5N2O3S/c1-23(26,27)13-20(21(33)14-24(15-31)11-12-24)32-22(25(28,29)30)18-5-3-16(4-6-18)17-7-9-19(10-8-17)36(2,34)35/h3-10,20,22,32H,11-14H2,1-2H3/t20-,22-/m0/s1. The van der Waals surface area contributed by atoms with E-state index in [1.54, 1.807) is 0 Å². The highest BCUT2D eigenvalue weighted by Crippen LogP contribution is 2.48. The van der Waals surface area contributed by atoms with E-state index in [0.717, 1.165) is 6.26 Å². The highest BCUT2D eigenvalue weighted by molar-refractivity contribution is 7.90. The number of benzene rings is 2. The molecule has 194 valence electrons. The number of hydrogen-bond acceptors (Lipinski definition) is 5. The number of ketones is 1. The molecule has 1 aliphatic carbocycles. The Morgan fingerprint density at radius 2 is 1.53 bits per heavy atom. The summed E-state index contributed by atoms with van der Waals surface area (Å²) in [6, 6.07) is 8.70. The fraction of sp³-hybridized carbons (Fsp3) is 0.440. The van der Waals surface area contributed by atoms with E-state index in [1.165, 1.54) is 48.5 Å². The molecule has 2 aromatic rings. The Labute approximate surface area is 206 Å². The first kappa shape index (κ1) is 27.7. The molecule has 0 aliphatic heterocycles. The van der Waals surface area contributed by atoms with Crippen molar-refractivity contribution in [2.45, 2.75) is 61.7 Å². The number of hydrogen-bond donors (Lipinski definition) is 1. The Kier molecular flexibility index (Phi) is 7.63. The number of nitrogens with one attached hydrogen (secondary N) is 1. The van der Waals surface area contributed by atoms with Gasteiger partial charge in [-0.05, 0) is 48.6 Å². The Morgan fingerprint density at radius 1 is 1.03 bits per heavy atom. The lowest BCUT2D eigenvalue weighted by Crippen LogP contribution is -2.47. The van der Waals surface area contributed by atoms with Crippen LogP contribution in [0, 0.1) is 16.7 Å². The van der Waals surface area contributed by atoms with E-state index in [1.807, 2.05) is 6.07 Å². The van der Waals surface area contributed by atoms with Gasteiger partial charge in [-0.25, -0.2) is 17.2 Å². The van der Waals surface area contributed by atoms with Crippen LogP contribution in [0.25, 0.3) is 11.1 Å². The first-order chi connectivity index (χ1) is 16.5. The predicted molar refractivity (Wildman–Crippen MR) is 123 cm³/mol. The third kappa shape index (κ3) is 7.11. The van der Waals surface area contributed by atoms with Gasteiger partial charge in [0.05, 0.1) is 22.4 Å². The molecule has 0 heterocycles. The predicted octanol–water partition coefficient (Wildman–Crippen LogP) is 5.63. The maximum atomic E-state index is 14.0. The zero-order valence-corrected chi connectivity index (χ0v) is 20.4. The van der Waals surface area contributed by atoms with E-state index < -0.39 is 51.6 Å². The van der Waals surface area contributed by atoms with Gasteiger partial charge >= 0.3 is 6.18 Å². The summed E-state index contributed by atoms with van der Waals surface area (Å²) in [6.07, 6.45) is -4.56. The van der Waals surface area contributed by atoms with Crippen LogP contribution in [0.3, 0.4) is 0 Å². The van der Waals surface area contributed by atoms with Gasteiger partial charge < -0.3 is 0 Å². The van der Waals surface area contributed by atoms with E-state index in [0.29, 0.717) is 30.9 Å². The zero-order valence-electron chi connectivity index (χ0n) is 19.6. The minimum Gasteiger partial charge on any atom is -0.298 e. The second-order valence-corrected chi connectivity index (χ2v) is 11.4. The van der Waals surface area contributed by atoms with Crippen molar-refractivity contribution in [1.29, 1.82) is 5.26 Å². The number of carbonyl (C=O) groups excluding carboxylic acids is 1. The van der Waals surface area contributed by atoms with E-state index in [2.05, 4.69) is 5.32 Å². The second-order valence-electron chi connectivity index (χ2n) is 9.42. The van der Waals surface area contributed by atoms with Crippen molar-refractivity contribution in [3.8, 4) is 17.2 Å². The fourth-order valence-corrected chi connectivity index (χ4v) is 4.53. The van der Waals surface area contributed by atoms with Gasteiger partial charge in [-0.3, -0.25) is 10.1 Å². The molecule has 0 unspecified atom stereocenters. The third-order valence-corrected chi connectivity index (χ3v) is 7.24. The molecule has 1 N–H and O–H groups in total. The highest BCUT2D eigenvalue weighted by atomic mass is 32.2. The number of alkyl halides is 5. The SMILES string of the molecule is CC(F)(F)C[C@H](N[C@@H](c1ccc(-c2ccc(S(C)(=O)=O)cc2)cc1)C(F)(F)F)C(=O)CC1(C#N)CC1. The van der Waals surface area contributed by atoms with E-state index >= 15 is 0 Å². The van der Waals surface area contributed by atoms with Crippen molar-refractivity contribution in [2.75, 3.05) is 6.26 Å². The molecule has 2 atom stereocenters. The smallest absolute Gasteiger partial charge is 0.298 e. The van der Waals surface area contributed by atoms with Crippen molar-refractivity contribution < 1.29 is 35.2 Å². The Morgan fingerprint density at radius 3 is 1.92 bits per heavy atom. The van der Waals surface area contributed by atoms with Gasteiger partial charge in [0.1, 0.15) is 6.04 Å². The molecule has 0 spiro atoms. The average Bonchev–Trinajstić information content (AvgIpc) is 3.54. The topological polar surface area (TPSA) is 87.0 Å². The molecule has 0 radical (unpaired) electrons. The second kappa shape index (κ2) is 9.90. The third-order valence-electron chi connectivity index (χ3n) is 6.11. The molecule has 0 amide bonds. The van der Waals surface area contributed by atoms with E-state index in [4.69, 9.17) is 0 Å². The first-order valence-electron chi connectivity index (χ1n) is 11.1. The number of nitrogens with zero attached hydrogens (tertiary/aromatic N) is 1. The van der Waals surface area contributed by atoms with Crippen LogP contribution in [0.1, 0.15) is 44.2 Å². The quantitative estimate of drug-likeness (QED) is 0.404. The normalized spacial score (nSPS) is 17.2. The summed E-state index contributed by atoms with van der Waals surface area (Å²) in [5.74, 6) is -4.26. The minimum atomic E-state index is -4.90. The van der Waals surface area contributed by atoms with Crippen LogP contribution in [0.4, 0.5) is 22.0 Å². The van der Waals surface area contributed by atoms with Gasteiger partial charge in [-0.15, -0.1) is 0 Å². The molecule has 3 rings (SSSR count). The number of Topliss-reactive ketones (excluding diaryl/α,β-unsaturated/α-hetero) is 1. The van der Waals surface area contributed by atoms with Gasteiger partial charge in [0.15, 0.2) is 15.6 Å². The fourth-order valence-electron chi connectivity index (χ4n) is 3.90. The molecule has 1 aliphatic rings. The van der Waals surface area contributed by atoms with Gasteiger partial charge in [0.25, 0.3) is 0 Å². The molecule has 5 nitrogen and oxygen atoms in total. The lowest BCUT2D eigenvalue weighted by molar-refractivity contribution is -0.162. The van der Waals surface area contributed by atoms with Crippen LogP contribution >= 0.6 is 0 Å². The number of sulfone groups is 1. The van der Waals surface area contributed by atoms with Crippen LogP contribution in [0.15, 0.2) is 53.4 Å². The summed E-state index contributed by atoms with van der Waals surface area (Å²) in [5.41, 5.74) is -0.188. The summed E-state index contributed by atoms with van der Waals surface area (Å²) in [6.45, 7) is 0.526. The van der Waals surface area contributed by atoms with E-state index in [-0.39, 0.29) is 16.9 Å². The first-order valence-corrected chi connectivity index (χ1v) is 13.0. The van der Waals surface area contributed by atoms with Crippen molar-refractivity contribution in [1.82, 2.24) is 5.32 Å². The number of nitriles is 1. The molecule has 0 saturated heterocycles. The van der Waals surface area contributed by atoms with Gasteiger partial charge in [-0.1, -0.05) is 36.4 Å². The molecule has 11 heteroatoms. The van der Waals surface area contributed by atoms with Crippen molar-refractivity contribution in [3.63, 3.8) is 0 Å². The number of carbonyl (C=O) groups is 1. The van der Waals surface area contributed by atoms with Gasteiger partial charge in [0, 0.05) is 19.1 Å². The van der Waals surface area contributed by atoms with Gasteiger partial charge in [0.2, 0.25) is 5.92 Å². The Balaban J connectivity index is 1.86. The average molecular weight is 529 g/mol. The lowest BCUT2D eigenvalue weighted by Gasteiger charge is -2.29. The molecule has 36 heavy (non-hydrogen) atoms. The monoisotopic (exact) mass is 528 g/mol. The van der Waals surface area contributed by atoms with Crippen LogP contribution in [-0.4, -0.2) is 38.6 Å². The molecule has 1 saturated carbocycles. The number of rotatable bonds is 10. The van der Waals surface area contributed by atoms with Crippen molar-refractivity contribution in [3.05, 3.63) is 54.1 Å². The Hall–Kier alpha value is -2.84. The highest BCUT2D eigenvalue weighted by Gasteiger charge is 2.48. The molecular formula is C25H25F5N2O3S. The zero-order chi connectivity index (χ0) is 26.9. The molecule has 0 bridgehead atoms. The minimum absolute atomic E-state index is 0.0945. The molecular weight excluding hydrogens is 503 g/mol.